The molecule has 4 amide bonds. The van der Waals surface area contributed by atoms with Crippen LogP contribution >= 0.6 is 0 Å². The average Bonchev–Trinajstić information content (AvgIpc) is 2.86. The van der Waals surface area contributed by atoms with Gasteiger partial charge in [-0.1, -0.05) is 30.3 Å². The molecule has 4 atom stereocenters. The summed E-state index contributed by atoms with van der Waals surface area (Å²) in [6.07, 6.45) is 0.126. The summed E-state index contributed by atoms with van der Waals surface area (Å²) >= 11 is 0. The monoisotopic (exact) mass is 536 g/mol. The summed E-state index contributed by atoms with van der Waals surface area (Å²) in [5, 5.41) is 25.6. The third-order valence-electron chi connectivity index (χ3n) is 5.33. The second-order valence-electron chi connectivity index (χ2n) is 8.45. The van der Waals surface area contributed by atoms with Crippen LogP contribution in [0, 0.1) is 0 Å². The molecule has 0 saturated carbocycles. The van der Waals surface area contributed by atoms with Gasteiger partial charge in [0.25, 0.3) is 0 Å². The maximum Gasteiger partial charge on any atom is 0.328 e. The fraction of sp³-hybridized carbons (Fsp3) is 0.478. The minimum absolute atomic E-state index is 0.0102. The van der Waals surface area contributed by atoms with Crippen molar-refractivity contribution in [3.05, 3.63) is 35.9 Å². The molecule has 13 N–H and O–H groups in total. The first-order valence-electron chi connectivity index (χ1n) is 11.8. The summed E-state index contributed by atoms with van der Waals surface area (Å²) < 4.78 is 0. The number of primary amides is 1. The third-order valence-corrected chi connectivity index (χ3v) is 5.33. The summed E-state index contributed by atoms with van der Waals surface area (Å²) in [4.78, 5) is 64.8. The fourth-order valence-corrected chi connectivity index (χ4v) is 3.27. The normalized spacial score (nSPS) is 13.7. The predicted octanol–water partition coefficient (Wildman–Crippen LogP) is -3.59. The van der Waals surface area contributed by atoms with Crippen LogP contribution in [0.3, 0.4) is 0 Å². The number of nitrogens with two attached hydrogens (primary N) is 4. The van der Waals surface area contributed by atoms with E-state index in [0.717, 1.165) is 0 Å². The van der Waals surface area contributed by atoms with Crippen molar-refractivity contribution >= 4 is 35.6 Å². The number of hydrogen-bond donors (Lipinski definition) is 9. The summed E-state index contributed by atoms with van der Waals surface area (Å²) in [6.45, 7) is -0.741. The Morgan fingerprint density at radius 1 is 0.842 bits per heavy atom. The fourth-order valence-electron chi connectivity index (χ4n) is 3.27. The first-order chi connectivity index (χ1) is 17.9. The maximum absolute atomic E-state index is 13.3. The second-order valence-corrected chi connectivity index (χ2v) is 8.45. The Morgan fingerprint density at radius 2 is 1.42 bits per heavy atom. The summed E-state index contributed by atoms with van der Waals surface area (Å²) in [5.74, 6) is -4.59. The molecular weight excluding hydrogens is 500 g/mol. The number of nitrogens with one attached hydrogen (secondary N) is 3. The standard InChI is InChI=1S/C23H36N8O7/c24-14(8-9-18(25)33)19(34)30-16(11-13-5-2-1-3-6-13)21(36)29-15(7-4-10-28-23(26)27)20(35)31-17(12-32)22(37)38/h1-3,5-6,14-17,32H,4,7-12,24H2,(H2,25,33)(H,29,36)(H,30,34)(H,31,35)(H,37,38)(H4,26,27,28). The van der Waals surface area contributed by atoms with E-state index in [1.54, 1.807) is 30.3 Å². The molecule has 0 aliphatic heterocycles. The first kappa shape index (κ1) is 31.8. The number of carboxylic acids is 1. The Kier molecular flexibility index (Phi) is 13.8. The molecular formula is C23H36N8O7. The van der Waals surface area contributed by atoms with Crippen molar-refractivity contribution < 1.29 is 34.2 Å². The molecule has 1 aromatic rings. The van der Waals surface area contributed by atoms with Crippen LogP contribution in [0.1, 0.15) is 31.2 Å². The predicted molar refractivity (Wildman–Crippen MR) is 137 cm³/mol. The lowest BCUT2D eigenvalue weighted by Gasteiger charge is -2.25. The van der Waals surface area contributed by atoms with Crippen LogP contribution in [-0.2, 0) is 30.4 Å². The number of rotatable bonds is 17. The lowest BCUT2D eigenvalue weighted by Crippen LogP contribution is -2.58. The zero-order valence-corrected chi connectivity index (χ0v) is 20.8. The van der Waals surface area contributed by atoms with Gasteiger partial charge < -0.3 is 49.1 Å². The molecule has 0 spiro atoms. The van der Waals surface area contributed by atoms with Gasteiger partial charge in [-0.2, -0.15) is 0 Å². The number of aliphatic hydroxyl groups excluding tert-OH is 1. The molecule has 0 saturated heterocycles. The molecule has 15 heteroatoms. The molecule has 4 unspecified atom stereocenters. The summed E-state index contributed by atoms with van der Waals surface area (Å²) in [7, 11) is 0. The highest BCUT2D eigenvalue weighted by atomic mass is 16.4. The SMILES string of the molecule is NC(=O)CCC(N)C(=O)NC(Cc1ccccc1)C(=O)NC(CCCN=C(N)N)C(=O)NC(CO)C(=O)O. The summed E-state index contributed by atoms with van der Waals surface area (Å²) in [6, 6.07) is 3.59. The Balaban J connectivity index is 3.10. The van der Waals surface area contributed by atoms with E-state index < -0.39 is 60.4 Å². The van der Waals surface area contributed by atoms with E-state index in [1.165, 1.54) is 0 Å². The first-order valence-corrected chi connectivity index (χ1v) is 11.8. The minimum atomic E-state index is -1.59. The van der Waals surface area contributed by atoms with Gasteiger partial charge in [0.15, 0.2) is 5.96 Å². The average molecular weight is 537 g/mol. The van der Waals surface area contributed by atoms with Gasteiger partial charge >= 0.3 is 5.97 Å². The number of hydrogen-bond acceptors (Lipinski definition) is 8. The molecule has 1 rings (SSSR count). The van der Waals surface area contributed by atoms with Crippen LogP contribution < -0.4 is 38.9 Å². The zero-order valence-electron chi connectivity index (χ0n) is 20.8. The van der Waals surface area contributed by atoms with Crippen LogP contribution in [0.4, 0.5) is 0 Å². The van der Waals surface area contributed by atoms with Gasteiger partial charge in [-0.15, -0.1) is 0 Å². The van der Waals surface area contributed by atoms with Crippen molar-refractivity contribution in [2.75, 3.05) is 13.2 Å². The van der Waals surface area contributed by atoms with E-state index in [1.807, 2.05) is 0 Å². The molecule has 38 heavy (non-hydrogen) atoms. The zero-order chi connectivity index (χ0) is 28.7. The molecule has 0 radical (unpaired) electrons. The number of aliphatic imine (C=N–C) groups is 1. The van der Waals surface area contributed by atoms with E-state index >= 15 is 0 Å². The van der Waals surface area contributed by atoms with E-state index in [0.29, 0.717) is 5.56 Å². The molecule has 0 aromatic heterocycles. The quantitative estimate of drug-likeness (QED) is 0.0535. The highest BCUT2D eigenvalue weighted by Crippen LogP contribution is 2.07. The highest BCUT2D eigenvalue weighted by Gasteiger charge is 2.30. The van der Waals surface area contributed by atoms with Crippen LogP contribution in [0.2, 0.25) is 0 Å². The van der Waals surface area contributed by atoms with Crippen molar-refractivity contribution in [3.63, 3.8) is 0 Å². The Labute approximate surface area is 219 Å². The lowest BCUT2D eigenvalue weighted by atomic mass is 10.0. The van der Waals surface area contributed by atoms with Gasteiger partial charge in [0.05, 0.1) is 12.6 Å². The lowest BCUT2D eigenvalue weighted by molar-refractivity contribution is -0.143. The molecule has 0 aliphatic rings. The number of carbonyl (C=O) groups excluding carboxylic acids is 4. The summed E-state index contributed by atoms with van der Waals surface area (Å²) in [5.41, 5.74) is 22.2. The number of amides is 4. The molecule has 210 valence electrons. The Bertz CT molecular complexity index is 985. The number of aliphatic carboxylic acids is 1. The van der Waals surface area contributed by atoms with Gasteiger partial charge in [0.2, 0.25) is 23.6 Å². The van der Waals surface area contributed by atoms with Crippen LogP contribution in [0.25, 0.3) is 0 Å². The Morgan fingerprint density at radius 3 is 1.97 bits per heavy atom. The van der Waals surface area contributed by atoms with E-state index in [9.17, 15) is 29.1 Å². The van der Waals surface area contributed by atoms with Crippen molar-refractivity contribution in [1.29, 1.82) is 0 Å². The topological polar surface area (TPSA) is 278 Å². The molecule has 0 aliphatic carbocycles. The van der Waals surface area contributed by atoms with Crippen molar-refractivity contribution in [1.82, 2.24) is 16.0 Å². The van der Waals surface area contributed by atoms with E-state index in [2.05, 4.69) is 20.9 Å². The smallest absolute Gasteiger partial charge is 0.328 e. The van der Waals surface area contributed by atoms with Crippen molar-refractivity contribution in [3.8, 4) is 0 Å². The molecule has 1 aromatic carbocycles. The molecule has 0 fully saturated rings. The minimum Gasteiger partial charge on any atom is -0.480 e. The number of aliphatic hydroxyl groups is 1. The number of guanidine groups is 1. The van der Waals surface area contributed by atoms with Crippen LogP contribution in [0.15, 0.2) is 35.3 Å². The second kappa shape index (κ2) is 16.5. The third kappa shape index (κ3) is 12.1. The number of carboxylic acid groups (broad SMARTS) is 1. The van der Waals surface area contributed by atoms with Crippen molar-refractivity contribution in [2.24, 2.45) is 27.9 Å². The van der Waals surface area contributed by atoms with E-state index in [-0.39, 0.29) is 44.6 Å². The Hall–Kier alpha value is -4.24. The van der Waals surface area contributed by atoms with Gasteiger partial charge in [0, 0.05) is 19.4 Å². The molecule has 0 heterocycles. The highest BCUT2D eigenvalue weighted by molar-refractivity contribution is 5.94. The van der Waals surface area contributed by atoms with E-state index in [4.69, 9.17) is 28.0 Å². The van der Waals surface area contributed by atoms with Crippen LogP contribution in [-0.4, -0.2) is 83.1 Å². The van der Waals surface area contributed by atoms with Crippen LogP contribution in [0.5, 0.6) is 0 Å². The van der Waals surface area contributed by atoms with Gasteiger partial charge in [-0.25, -0.2) is 4.79 Å². The van der Waals surface area contributed by atoms with Gasteiger partial charge in [-0.3, -0.25) is 24.2 Å². The number of carbonyl (C=O) groups is 5. The number of benzene rings is 1. The molecule has 0 bridgehead atoms. The number of nitrogens with zero attached hydrogens (tertiary/aromatic N) is 1. The maximum atomic E-state index is 13.3. The largest absolute Gasteiger partial charge is 0.480 e. The molecule has 15 nitrogen and oxygen atoms in total. The van der Waals surface area contributed by atoms with Gasteiger partial charge in [-0.05, 0) is 24.8 Å². The van der Waals surface area contributed by atoms with Crippen molar-refractivity contribution in [2.45, 2.75) is 56.3 Å². The van der Waals surface area contributed by atoms with Gasteiger partial charge in [0.1, 0.15) is 18.1 Å².